The number of benzene rings is 1. The topological polar surface area (TPSA) is 12.0 Å². The monoisotopic (exact) mass is 267 g/mol. The van der Waals surface area contributed by atoms with E-state index in [0.29, 0.717) is 12.5 Å². The van der Waals surface area contributed by atoms with Gasteiger partial charge in [0.05, 0.1) is 0 Å². The molecule has 1 unspecified atom stereocenters. The molecule has 0 heterocycles. The first-order valence-electron chi connectivity index (χ1n) is 7.25. The van der Waals surface area contributed by atoms with Crippen LogP contribution in [0.25, 0.3) is 0 Å². The number of hydrogen-bond acceptors (Lipinski definition) is 1. The number of nitrogens with one attached hydrogen (secondary N) is 1. The molecule has 0 aromatic heterocycles. The Morgan fingerprint density at radius 2 is 1.74 bits per heavy atom. The summed E-state index contributed by atoms with van der Waals surface area (Å²) in [6.07, 6.45) is 5.25. The molecule has 0 radical (unpaired) electrons. The summed E-state index contributed by atoms with van der Waals surface area (Å²) in [7, 11) is 0. The summed E-state index contributed by atoms with van der Waals surface area (Å²) in [5.74, 6) is -0.0609. The van der Waals surface area contributed by atoms with Gasteiger partial charge >= 0.3 is 0 Å². The Bertz CT molecular complexity index is 391. The van der Waals surface area contributed by atoms with E-state index in [1.807, 2.05) is 6.92 Å². The molecule has 0 bridgehead atoms. The molecule has 1 aromatic carbocycles. The fourth-order valence-electron chi connectivity index (χ4n) is 2.92. The molecule has 1 N–H and O–H groups in total. The lowest BCUT2D eigenvalue weighted by Crippen LogP contribution is -2.40. The molecule has 0 aliphatic heterocycles. The molecule has 3 heteroatoms. The van der Waals surface area contributed by atoms with E-state index in [0.717, 1.165) is 5.92 Å². The van der Waals surface area contributed by atoms with Crippen LogP contribution < -0.4 is 5.32 Å². The predicted octanol–water partition coefficient (Wildman–Crippen LogP) is 4.06. The van der Waals surface area contributed by atoms with Crippen molar-refractivity contribution in [1.82, 2.24) is 5.32 Å². The van der Waals surface area contributed by atoms with Crippen LogP contribution in [0.15, 0.2) is 18.2 Å². The fourth-order valence-corrected chi connectivity index (χ4v) is 2.92. The number of rotatable bonds is 4. The van der Waals surface area contributed by atoms with Crippen molar-refractivity contribution in [1.29, 1.82) is 0 Å². The Balaban J connectivity index is 1.89. The van der Waals surface area contributed by atoms with Gasteiger partial charge in [0.15, 0.2) is 0 Å². The fraction of sp³-hybridized carbons (Fsp3) is 0.625. The summed E-state index contributed by atoms with van der Waals surface area (Å²) in [5.41, 5.74) is 0.201. The maximum Gasteiger partial charge on any atom is 0.129 e. The first kappa shape index (κ1) is 14.4. The largest absolute Gasteiger partial charge is 0.311 e. The van der Waals surface area contributed by atoms with Gasteiger partial charge in [-0.1, -0.05) is 13.0 Å². The minimum atomic E-state index is -0.439. The third-order valence-corrected chi connectivity index (χ3v) is 4.11. The van der Waals surface area contributed by atoms with Crippen molar-refractivity contribution in [2.24, 2.45) is 5.92 Å². The van der Waals surface area contributed by atoms with Crippen molar-refractivity contribution < 1.29 is 8.78 Å². The molecule has 0 spiro atoms. The average Bonchev–Trinajstić information content (AvgIpc) is 2.37. The summed E-state index contributed by atoms with van der Waals surface area (Å²) >= 11 is 0. The maximum absolute atomic E-state index is 13.6. The van der Waals surface area contributed by atoms with Gasteiger partial charge in [-0.3, -0.25) is 0 Å². The summed E-state index contributed by atoms with van der Waals surface area (Å²) in [6, 6.07) is 4.67. The van der Waals surface area contributed by atoms with Gasteiger partial charge in [-0.05, 0) is 57.1 Å². The van der Waals surface area contributed by atoms with Gasteiger partial charge < -0.3 is 5.32 Å². The van der Waals surface area contributed by atoms with E-state index in [1.165, 1.54) is 43.9 Å². The van der Waals surface area contributed by atoms with Crippen molar-refractivity contribution >= 4 is 0 Å². The van der Waals surface area contributed by atoms with E-state index in [9.17, 15) is 8.78 Å². The quantitative estimate of drug-likeness (QED) is 0.867. The Hall–Kier alpha value is -0.960. The summed E-state index contributed by atoms with van der Waals surface area (Å²) in [4.78, 5) is 0. The van der Waals surface area contributed by atoms with Gasteiger partial charge in [0, 0.05) is 17.6 Å². The van der Waals surface area contributed by atoms with Crippen LogP contribution in [0.4, 0.5) is 8.78 Å². The lowest BCUT2D eigenvalue weighted by molar-refractivity contribution is 0.289. The first-order chi connectivity index (χ1) is 9.06. The molecule has 19 heavy (non-hydrogen) atoms. The molecule has 2 rings (SSSR count). The molecule has 1 aromatic rings. The van der Waals surface area contributed by atoms with Crippen LogP contribution in [0, 0.1) is 17.6 Å². The highest BCUT2D eigenvalue weighted by atomic mass is 19.1. The first-order valence-corrected chi connectivity index (χ1v) is 7.25. The standard InChI is InChI=1S/C16H23F2N/c1-11-6-8-13(9-7-11)19-12(2)10-14-15(17)4-3-5-16(14)18/h3-5,11-13,19H,6-10H2,1-2H3. The molecular formula is C16H23F2N. The van der Waals surface area contributed by atoms with Crippen LogP contribution in [0.3, 0.4) is 0 Å². The molecule has 0 saturated heterocycles. The van der Waals surface area contributed by atoms with Gasteiger partial charge in [0.1, 0.15) is 11.6 Å². The van der Waals surface area contributed by atoms with Crippen LogP contribution >= 0.6 is 0 Å². The zero-order chi connectivity index (χ0) is 13.8. The second kappa shape index (κ2) is 6.47. The minimum Gasteiger partial charge on any atom is -0.311 e. The van der Waals surface area contributed by atoms with Crippen molar-refractivity contribution in [3.63, 3.8) is 0 Å². The van der Waals surface area contributed by atoms with E-state index in [2.05, 4.69) is 12.2 Å². The van der Waals surface area contributed by atoms with Gasteiger partial charge in [-0.15, -0.1) is 0 Å². The lowest BCUT2D eigenvalue weighted by Gasteiger charge is -2.29. The Morgan fingerprint density at radius 1 is 1.16 bits per heavy atom. The summed E-state index contributed by atoms with van der Waals surface area (Å²) in [5, 5.41) is 3.51. The Labute approximate surface area is 114 Å². The lowest BCUT2D eigenvalue weighted by atomic mass is 9.87. The normalized spacial score (nSPS) is 25.3. The predicted molar refractivity (Wildman–Crippen MR) is 74.1 cm³/mol. The molecular weight excluding hydrogens is 244 g/mol. The maximum atomic E-state index is 13.6. The zero-order valence-corrected chi connectivity index (χ0v) is 11.8. The van der Waals surface area contributed by atoms with Gasteiger partial charge in [-0.25, -0.2) is 8.78 Å². The van der Waals surface area contributed by atoms with Crippen molar-refractivity contribution in [2.45, 2.75) is 58.0 Å². The summed E-state index contributed by atoms with van der Waals surface area (Å²) < 4.78 is 27.1. The average molecular weight is 267 g/mol. The van der Waals surface area contributed by atoms with Crippen LogP contribution in [-0.4, -0.2) is 12.1 Å². The van der Waals surface area contributed by atoms with Crippen molar-refractivity contribution in [2.75, 3.05) is 0 Å². The third-order valence-electron chi connectivity index (χ3n) is 4.11. The van der Waals surface area contributed by atoms with Crippen LogP contribution in [0.5, 0.6) is 0 Å². The molecule has 1 atom stereocenters. The highest BCUT2D eigenvalue weighted by molar-refractivity contribution is 5.20. The van der Waals surface area contributed by atoms with E-state index >= 15 is 0 Å². The zero-order valence-electron chi connectivity index (χ0n) is 11.8. The smallest absolute Gasteiger partial charge is 0.129 e. The minimum absolute atomic E-state index is 0.102. The highest BCUT2D eigenvalue weighted by Crippen LogP contribution is 2.24. The Morgan fingerprint density at radius 3 is 2.32 bits per heavy atom. The molecule has 1 fully saturated rings. The SMILES string of the molecule is CC1CCC(NC(C)Cc2c(F)cccc2F)CC1. The molecule has 1 nitrogen and oxygen atoms in total. The van der Waals surface area contributed by atoms with Crippen molar-refractivity contribution in [3.8, 4) is 0 Å². The second-order valence-electron chi connectivity index (χ2n) is 5.93. The molecule has 1 saturated carbocycles. The van der Waals surface area contributed by atoms with E-state index in [-0.39, 0.29) is 11.6 Å². The second-order valence-corrected chi connectivity index (χ2v) is 5.93. The molecule has 1 aliphatic rings. The van der Waals surface area contributed by atoms with E-state index < -0.39 is 11.6 Å². The van der Waals surface area contributed by atoms with Crippen molar-refractivity contribution in [3.05, 3.63) is 35.4 Å². The molecule has 0 amide bonds. The van der Waals surface area contributed by atoms with Crippen LogP contribution in [0.2, 0.25) is 0 Å². The Kier molecular flexibility index (Phi) is 4.92. The summed E-state index contributed by atoms with van der Waals surface area (Å²) in [6.45, 7) is 4.29. The van der Waals surface area contributed by atoms with Crippen LogP contribution in [-0.2, 0) is 6.42 Å². The van der Waals surface area contributed by atoms with Crippen LogP contribution in [0.1, 0.15) is 45.1 Å². The molecule has 106 valence electrons. The number of halogens is 2. The van der Waals surface area contributed by atoms with E-state index in [1.54, 1.807) is 0 Å². The third kappa shape index (κ3) is 4.00. The van der Waals surface area contributed by atoms with Gasteiger partial charge in [0.2, 0.25) is 0 Å². The van der Waals surface area contributed by atoms with E-state index in [4.69, 9.17) is 0 Å². The van der Waals surface area contributed by atoms with Gasteiger partial charge in [0.25, 0.3) is 0 Å². The van der Waals surface area contributed by atoms with Gasteiger partial charge in [-0.2, -0.15) is 0 Å². The highest BCUT2D eigenvalue weighted by Gasteiger charge is 2.20. The molecule has 1 aliphatic carbocycles. The number of hydrogen-bond donors (Lipinski definition) is 1.